The molecule has 0 bridgehead atoms. The van der Waals surface area contributed by atoms with Crippen LogP contribution in [0.2, 0.25) is 5.02 Å². The number of ether oxygens (including phenoxy) is 1. The molecule has 1 fully saturated rings. The third kappa shape index (κ3) is 4.94. The molecular weight excluding hydrogens is 389 g/mol. The topological polar surface area (TPSA) is 70.0 Å². The predicted octanol–water partition coefficient (Wildman–Crippen LogP) is 3.34. The number of rotatable bonds is 3. The summed E-state index contributed by atoms with van der Waals surface area (Å²) < 4.78 is 5.53. The zero-order chi connectivity index (χ0) is 21.2. The Morgan fingerprint density at radius 2 is 1.48 bits per heavy atom. The second kappa shape index (κ2) is 8.38. The predicted molar refractivity (Wildman–Crippen MR) is 116 cm³/mol. The molecule has 5 nitrogen and oxygen atoms in total. The van der Waals surface area contributed by atoms with Gasteiger partial charge < -0.3 is 19.7 Å². The van der Waals surface area contributed by atoms with Gasteiger partial charge in [0.1, 0.15) is 5.60 Å². The molecule has 0 unspecified atom stereocenters. The number of piperidine rings is 1. The molecule has 0 aliphatic carbocycles. The van der Waals surface area contributed by atoms with Crippen molar-refractivity contribution in [2.24, 2.45) is 0 Å². The lowest BCUT2D eigenvalue weighted by Crippen LogP contribution is -2.47. The van der Waals surface area contributed by atoms with Crippen LogP contribution in [0, 0.1) is 0 Å². The van der Waals surface area contributed by atoms with E-state index in [2.05, 4.69) is 0 Å². The lowest BCUT2D eigenvalue weighted by Gasteiger charge is -2.43. The van der Waals surface area contributed by atoms with E-state index in [1.54, 1.807) is 17.0 Å². The molecule has 1 aliphatic heterocycles. The zero-order valence-electron chi connectivity index (χ0n) is 17.1. The molecule has 0 atom stereocenters. The van der Waals surface area contributed by atoms with Crippen LogP contribution in [-0.2, 0) is 10.2 Å². The first-order chi connectivity index (χ1) is 13.6. The van der Waals surface area contributed by atoms with E-state index in [0.717, 1.165) is 24.0 Å². The van der Waals surface area contributed by atoms with Gasteiger partial charge in [0.15, 0.2) is 0 Å². The van der Waals surface area contributed by atoms with Crippen molar-refractivity contribution in [2.75, 3.05) is 13.1 Å². The molecule has 0 saturated carbocycles. The van der Waals surface area contributed by atoms with E-state index in [1.807, 2.05) is 57.2 Å². The second-order valence-corrected chi connectivity index (χ2v) is 8.99. The van der Waals surface area contributed by atoms with Crippen molar-refractivity contribution in [2.45, 2.75) is 44.6 Å². The van der Waals surface area contributed by atoms with Crippen LogP contribution in [0.25, 0.3) is 0 Å². The van der Waals surface area contributed by atoms with Crippen LogP contribution in [0.15, 0.2) is 48.5 Å². The van der Waals surface area contributed by atoms with E-state index in [-0.39, 0.29) is 11.5 Å². The molecule has 0 radical (unpaired) electrons. The normalized spacial score (nSPS) is 16.4. The Balaban J connectivity index is 1.90. The standard InChI is InChI=1S/C22H27BClNO4/c1-21(2,3)29-20(26)25-14-12-22(13-15-25,17-6-10-19(24)11-7-17)16-4-8-18(9-5-16)23(27)28/h4-11,27-28H,12-15H2,1-3H3. The number of hydrogen-bond donors (Lipinski definition) is 2. The fourth-order valence-corrected chi connectivity index (χ4v) is 4.01. The maximum Gasteiger partial charge on any atom is 0.488 e. The fraction of sp³-hybridized carbons (Fsp3) is 0.409. The molecule has 0 aromatic heterocycles. The van der Waals surface area contributed by atoms with Crippen LogP contribution in [0.5, 0.6) is 0 Å². The molecule has 1 heterocycles. The number of carbonyl (C=O) groups is 1. The lowest BCUT2D eigenvalue weighted by atomic mass is 9.67. The summed E-state index contributed by atoms with van der Waals surface area (Å²) in [6.07, 6.45) is 1.17. The van der Waals surface area contributed by atoms with Crippen molar-refractivity contribution in [3.05, 3.63) is 64.7 Å². The average molecular weight is 416 g/mol. The lowest BCUT2D eigenvalue weighted by molar-refractivity contribution is 0.0180. The molecule has 1 amide bonds. The Bertz CT molecular complexity index is 839. The molecule has 1 saturated heterocycles. The van der Waals surface area contributed by atoms with Gasteiger partial charge in [-0.15, -0.1) is 0 Å². The van der Waals surface area contributed by atoms with Gasteiger partial charge in [0, 0.05) is 23.5 Å². The highest BCUT2D eigenvalue weighted by molar-refractivity contribution is 6.58. The van der Waals surface area contributed by atoms with E-state index in [4.69, 9.17) is 16.3 Å². The highest BCUT2D eigenvalue weighted by Gasteiger charge is 2.40. The van der Waals surface area contributed by atoms with E-state index >= 15 is 0 Å². The Labute approximate surface area is 177 Å². The summed E-state index contributed by atoms with van der Waals surface area (Å²) in [6.45, 7) is 6.74. The van der Waals surface area contributed by atoms with Crippen molar-refractivity contribution in [3.63, 3.8) is 0 Å². The number of hydrogen-bond acceptors (Lipinski definition) is 4. The number of benzene rings is 2. The molecule has 2 N–H and O–H groups in total. The monoisotopic (exact) mass is 415 g/mol. The van der Waals surface area contributed by atoms with Crippen molar-refractivity contribution in [1.82, 2.24) is 4.90 Å². The highest BCUT2D eigenvalue weighted by atomic mass is 35.5. The first-order valence-electron chi connectivity index (χ1n) is 9.81. The van der Waals surface area contributed by atoms with E-state index in [0.29, 0.717) is 23.6 Å². The minimum Gasteiger partial charge on any atom is -0.444 e. The molecule has 29 heavy (non-hydrogen) atoms. The number of likely N-dealkylation sites (tertiary alicyclic amines) is 1. The van der Waals surface area contributed by atoms with Crippen LogP contribution in [-0.4, -0.2) is 46.9 Å². The maximum atomic E-state index is 12.5. The average Bonchev–Trinajstić information content (AvgIpc) is 2.67. The van der Waals surface area contributed by atoms with Crippen LogP contribution < -0.4 is 5.46 Å². The van der Waals surface area contributed by atoms with Crippen LogP contribution in [0.1, 0.15) is 44.7 Å². The summed E-state index contributed by atoms with van der Waals surface area (Å²) in [5.74, 6) is 0. The molecule has 2 aromatic carbocycles. The molecule has 0 spiro atoms. The van der Waals surface area contributed by atoms with E-state index in [1.165, 1.54) is 0 Å². The maximum absolute atomic E-state index is 12.5. The van der Waals surface area contributed by atoms with Crippen molar-refractivity contribution >= 4 is 30.3 Å². The van der Waals surface area contributed by atoms with E-state index < -0.39 is 12.7 Å². The van der Waals surface area contributed by atoms with E-state index in [9.17, 15) is 14.8 Å². The first kappa shape index (κ1) is 21.7. The highest BCUT2D eigenvalue weighted by Crippen LogP contribution is 2.42. The Morgan fingerprint density at radius 1 is 1.00 bits per heavy atom. The third-order valence-electron chi connectivity index (χ3n) is 5.43. The van der Waals surface area contributed by atoms with Crippen LogP contribution in [0.3, 0.4) is 0 Å². The summed E-state index contributed by atoms with van der Waals surface area (Å²) in [6, 6.07) is 15.2. The summed E-state index contributed by atoms with van der Waals surface area (Å²) in [4.78, 5) is 14.2. The summed E-state index contributed by atoms with van der Waals surface area (Å²) in [5, 5.41) is 19.5. The largest absolute Gasteiger partial charge is 0.488 e. The molecule has 154 valence electrons. The summed E-state index contributed by atoms with van der Waals surface area (Å²) in [5.41, 5.74) is 1.84. The molecule has 3 rings (SSSR count). The number of halogens is 1. The minimum absolute atomic E-state index is 0.290. The molecule has 2 aromatic rings. The van der Waals surface area contributed by atoms with Crippen LogP contribution in [0.4, 0.5) is 4.79 Å². The van der Waals surface area contributed by atoms with Gasteiger partial charge in [-0.2, -0.15) is 0 Å². The smallest absolute Gasteiger partial charge is 0.444 e. The molecule has 7 heteroatoms. The molecular formula is C22H27BClNO4. The SMILES string of the molecule is CC(C)(C)OC(=O)N1CCC(c2ccc(Cl)cc2)(c2ccc(B(O)O)cc2)CC1. The van der Waals surface area contributed by atoms with Crippen molar-refractivity contribution < 1.29 is 19.6 Å². The third-order valence-corrected chi connectivity index (χ3v) is 5.68. The Morgan fingerprint density at radius 3 is 1.93 bits per heavy atom. The van der Waals surface area contributed by atoms with Crippen molar-refractivity contribution in [3.8, 4) is 0 Å². The fourth-order valence-electron chi connectivity index (χ4n) is 3.88. The summed E-state index contributed by atoms with van der Waals surface area (Å²) >= 11 is 6.10. The number of nitrogens with zero attached hydrogens (tertiary/aromatic N) is 1. The van der Waals surface area contributed by atoms with Gasteiger partial charge in [0.05, 0.1) is 0 Å². The quantitative estimate of drug-likeness (QED) is 0.754. The molecule has 1 aliphatic rings. The van der Waals surface area contributed by atoms with Gasteiger partial charge in [-0.3, -0.25) is 0 Å². The van der Waals surface area contributed by atoms with Gasteiger partial charge in [-0.25, -0.2) is 4.79 Å². The van der Waals surface area contributed by atoms with Crippen molar-refractivity contribution in [1.29, 1.82) is 0 Å². The second-order valence-electron chi connectivity index (χ2n) is 8.55. The van der Waals surface area contributed by atoms with Gasteiger partial charge in [0.2, 0.25) is 0 Å². The van der Waals surface area contributed by atoms with Gasteiger partial charge in [-0.1, -0.05) is 48.0 Å². The first-order valence-corrected chi connectivity index (χ1v) is 10.2. The minimum atomic E-state index is -1.50. The Hall–Kier alpha value is -2.02. The number of carbonyl (C=O) groups excluding carboxylic acids is 1. The Kier molecular flexibility index (Phi) is 6.27. The number of amides is 1. The van der Waals surface area contributed by atoms with Gasteiger partial charge in [0.25, 0.3) is 0 Å². The van der Waals surface area contributed by atoms with Crippen LogP contribution >= 0.6 is 11.6 Å². The van der Waals surface area contributed by atoms with Gasteiger partial charge >= 0.3 is 13.2 Å². The zero-order valence-corrected chi connectivity index (χ0v) is 17.8. The summed E-state index contributed by atoms with van der Waals surface area (Å²) in [7, 11) is -1.50. The van der Waals surface area contributed by atoms with Gasteiger partial charge in [-0.05, 0) is 62.3 Å².